The monoisotopic (exact) mass is 281 g/mol. The van der Waals surface area contributed by atoms with Crippen LogP contribution in [0, 0.1) is 0 Å². The van der Waals surface area contributed by atoms with Gasteiger partial charge in [-0.3, -0.25) is 4.68 Å². The molecule has 0 fully saturated rings. The molecule has 0 amide bonds. The minimum atomic E-state index is 0.0987. The largest absolute Gasteiger partial charge is 0.381 e. The number of hydrogen-bond donors (Lipinski definition) is 1. The lowest BCUT2D eigenvalue weighted by Crippen LogP contribution is -2.20. The molecule has 1 heterocycles. The maximum atomic E-state index is 5.55. The highest BCUT2D eigenvalue weighted by atomic mass is 16.5. The van der Waals surface area contributed by atoms with E-state index in [0.717, 1.165) is 39.1 Å². The number of rotatable bonds is 9. The van der Waals surface area contributed by atoms with Crippen LogP contribution in [0.4, 0.5) is 0 Å². The predicted molar refractivity (Wildman–Crippen MR) is 84.0 cm³/mol. The SMILES string of the molecule is CCCCOCCCNCc1cn(C)nc1C(C)(C)C. The molecular formula is C16H31N3O. The van der Waals surface area contributed by atoms with Crippen molar-refractivity contribution in [3.8, 4) is 0 Å². The molecule has 0 radical (unpaired) electrons. The van der Waals surface area contributed by atoms with Crippen molar-refractivity contribution >= 4 is 0 Å². The van der Waals surface area contributed by atoms with Crippen molar-refractivity contribution in [2.45, 2.75) is 58.9 Å². The Labute approximate surface area is 123 Å². The van der Waals surface area contributed by atoms with Crippen LogP contribution in [0.2, 0.25) is 0 Å². The third-order valence-electron chi connectivity index (χ3n) is 3.21. The zero-order valence-electron chi connectivity index (χ0n) is 13.8. The molecule has 0 bridgehead atoms. The number of aromatic nitrogens is 2. The summed E-state index contributed by atoms with van der Waals surface area (Å²) in [5.41, 5.74) is 2.58. The number of aryl methyl sites for hydroxylation is 1. The average Bonchev–Trinajstić information content (AvgIpc) is 2.74. The highest BCUT2D eigenvalue weighted by Crippen LogP contribution is 2.23. The number of hydrogen-bond acceptors (Lipinski definition) is 3. The van der Waals surface area contributed by atoms with Gasteiger partial charge < -0.3 is 10.1 Å². The van der Waals surface area contributed by atoms with E-state index < -0.39 is 0 Å². The van der Waals surface area contributed by atoms with Crippen LogP contribution in [0.3, 0.4) is 0 Å². The molecule has 1 aromatic rings. The van der Waals surface area contributed by atoms with Crippen molar-refractivity contribution in [1.29, 1.82) is 0 Å². The standard InChI is InChI=1S/C16H31N3O/c1-6-7-10-20-11-8-9-17-12-14-13-19(5)18-15(14)16(2,3)4/h13,17H,6-12H2,1-5H3. The molecule has 0 saturated carbocycles. The Kier molecular flexibility index (Phi) is 7.24. The number of unbranched alkanes of at least 4 members (excludes halogenated alkanes) is 1. The third-order valence-corrected chi connectivity index (χ3v) is 3.21. The van der Waals surface area contributed by atoms with Gasteiger partial charge in [-0.2, -0.15) is 5.10 Å². The highest BCUT2D eigenvalue weighted by molar-refractivity contribution is 5.23. The van der Waals surface area contributed by atoms with Gasteiger partial charge in [-0.15, -0.1) is 0 Å². The van der Waals surface area contributed by atoms with E-state index >= 15 is 0 Å². The van der Waals surface area contributed by atoms with Crippen molar-refractivity contribution in [1.82, 2.24) is 15.1 Å². The van der Waals surface area contributed by atoms with Crippen molar-refractivity contribution in [3.63, 3.8) is 0 Å². The van der Waals surface area contributed by atoms with E-state index in [-0.39, 0.29) is 5.41 Å². The molecule has 0 aliphatic carbocycles. The van der Waals surface area contributed by atoms with Gasteiger partial charge in [0.15, 0.2) is 0 Å². The Bertz CT molecular complexity index is 380. The highest BCUT2D eigenvalue weighted by Gasteiger charge is 2.21. The minimum Gasteiger partial charge on any atom is -0.381 e. The Hall–Kier alpha value is -0.870. The van der Waals surface area contributed by atoms with E-state index in [2.05, 4.69) is 44.3 Å². The van der Waals surface area contributed by atoms with Crippen molar-refractivity contribution in [2.75, 3.05) is 19.8 Å². The molecular weight excluding hydrogens is 250 g/mol. The van der Waals surface area contributed by atoms with Gasteiger partial charge in [0, 0.05) is 44.0 Å². The quantitative estimate of drug-likeness (QED) is 0.707. The molecule has 0 saturated heterocycles. The molecule has 116 valence electrons. The van der Waals surface area contributed by atoms with E-state index in [1.54, 1.807) is 0 Å². The topological polar surface area (TPSA) is 39.1 Å². The van der Waals surface area contributed by atoms with Crippen molar-refractivity contribution in [3.05, 3.63) is 17.5 Å². The summed E-state index contributed by atoms with van der Waals surface area (Å²) in [7, 11) is 1.99. The summed E-state index contributed by atoms with van der Waals surface area (Å²) in [6, 6.07) is 0. The third kappa shape index (κ3) is 6.06. The zero-order valence-corrected chi connectivity index (χ0v) is 13.8. The summed E-state index contributed by atoms with van der Waals surface area (Å²) in [6.07, 6.45) is 5.55. The van der Waals surface area contributed by atoms with Crippen LogP contribution >= 0.6 is 0 Å². The number of nitrogens with zero attached hydrogens (tertiary/aromatic N) is 2. The second kappa shape index (κ2) is 8.42. The fraction of sp³-hybridized carbons (Fsp3) is 0.812. The average molecular weight is 281 g/mol. The maximum Gasteiger partial charge on any atom is 0.0722 e. The minimum absolute atomic E-state index is 0.0987. The van der Waals surface area contributed by atoms with Crippen molar-refractivity contribution in [2.24, 2.45) is 7.05 Å². The van der Waals surface area contributed by atoms with Crippen LogP contribution in [0.15, 0.2) is 6.20 Å². The molecule has 0 spiro atoms. The van der Waals surface area contributed by atoms with E-state index in [0.29, 0.717) is 0 Å². The Balaban J connectivity index is 2.25. The first-order chi connectivity index (χ1) is 9.45. The Morgan fingerprint density at radius 2 is 1.95 bits per heavy atom. The van der Waals surface area contributed by atoms with E-state index in [1.807, 2.05) is 11.7 Å². The van der Waals surface area contributed by atoms with E-state index in [4.69, 9.17) is 4.74 Å². The first-order valence-electron chi connectivity index (χ1n) is 7.76. The Morgan fingerprint density at radius 1 is 1.25 bits per heavy atom. The van der Waals surface area contributed by atoms with Gasteiger partial charge in [-0.1, -0.05) is 34.1 Å². The molecule has 0 aromatic carbocycles. The predicted octanol–water partition coefficient (Wildman–Crippen LogP) is 3.01. The van der Waals surface area contributed by atoms with Crippen LogP contribution < -0.4 is 5.32 Å². The summed E-state index contributed by atoms with van der Waals surface area (Å²) in [6.45, 7) is 12.4. The maximum absolute atomic E-state index is 5.55. The fourth-order valence-electron chi connectivity index (χ4n) is 2.17. The molecule has 1 N–H and O–H groups in total. The lowest BCUT2D eigenvalue weighted by molar-refractivity contribution is 0.128. The van der Waals surface area contributed by atoms with Gasteiger partial charge in [-0.05, 0) is 19.4 Å². The summed E-state index contributed by atoms with van der Waals surface area (Å²) in [4.78, 5) is 0. The summed E-state index contributed by atoms with van der Waals surface area (Å²) in [5, 5.41) is 8.07. The van der Waals surface area contributed by atoms with Gasteiger partial charge in [0.1, 0.15) is 0 Å². The first kappa shape index (κ1) is 17.2. The smallest absolute Gasteiger partial charge is 0.0722 e. The van der Waals surface area contributed by atoms with Crippen LogP contribution in [-0.2, 0) is 23.7 Å². The lowest BCUT2D eigenvalue weighted by Gasteiger charge is -2.17. The molecule has 0 atom stereocenters. The summed E-state index contributed by atoms with van der Waals surface area (Å²) >= 11 is 0. The van der Waals surface area contributed by atoms with Crippen LogP contribution in [0.25, 0.3) is 0 Å². The second-order valence-corrected chi connectivity index (χ2v) is 6.42. The van der Waals surface area contributed by atoms with E-state index in [9.17, 15) is 0 Å². The van der Waals surface area contributed by atoms with Crippen LogP contribution in [0.5, 0.6) is 0 Å². The van der Waals surface area contributed by atoms with Gasteiger partial charge in [0.2, 0.25) is 0 Å². The summed E-state index contributed by atoms with van der Waals surface area (Å²) in [5.74, 6) is 0. The molecule has 4 heteroatoms. The molecule has 4 nitrogen and oxygen atoms in total. The van der Waals surface area contributed by atoms with Crippen LogP contribution in [0.1, 0.15) is 58.2 Å². The summed E-state index contributed by atoms with van der Waals surface area (Å²) < 4.78 is 7.46. The second-order valence-electron chi connectivity index (χ2n) is 6.42. The normalized spacial score (nSPS) is 12.1. The molecule has 0 unspecified atom stereocenters. The molecule has 0 aliphatic heterocycles. The molecule has 1 aromatic heterocycles. The fourth-order valence-corrected chi connectivity index (χ4v) is 2.17. The molecule has 0 aliphatic rings. The van der Waals surface area contributed by atoms with Gasteiger partial charge >= 0.3 is 0 Å². The van der Waals surface area contributed by atoms with Gasteiger partial charge in [-0.25, -0.2) is 0 Å². The number of ether oxygens (including phenoxy) is 1. The van der Waals surface area contributed by atoms with Gasteiger partial charge in [0.05, 0.1) is 5.69 Å². The van der Waals surface area contributed by atoms with Gasteiger partial charge in [0.25, 0.3) is 0 Å². The van der Waals surface area contributed by atoms with E-state index in [1.165, 1.54) is 17.7 Å². The number of nitrogens with one attached hydrogen (secondary N) is 1. The zero-order chi connectivity index (χ0) is 15.0. The molecule has 20 heavy (non-hydrogen) atoms. The molecule has 1 rings (SSSR count). The lowest BCUT2D eigenvalue weighted by atomic mass is 9.89. The van der Waals surface area contributed by atoms with Crippen LogP contribution in [-0.4, -0.2) is 29.5 Å². The Morgan fingerprint density at radius 3 is 2.60 bits per heavy atom. The first-order valence-corrected chi connectivity index (χ1v) is 7.76. The van der Waals surface area contributed by atoms with Crippen molar-refractivity contribution < 1.29 is 4.74 Å².